The third-order valence-electron chi connectivity index (χ3n) is 9.46. The second-order valence-corrected chi connectivity index (χ2v) is 19.1. The van der Waals surface area contributed by atoms with Gasteiger partial charge in [-0.05, 0) is 46.8 Å². The van der Waals surface area contributed by atoms with Gasteiger partial charge in [0.25, 0.3) is 0 Å². The fourth-order valence-electron chi connectivity index (χ4n) is 6.12. The van der Waals surface area contributed by atoms with E-state index in [9.17, 15) is 0 Å². The Kier molecular flexibility index (Phi) is 9.62. The Morgan fingerprint density at radius 3 is 1.73 bits per heavy atom. The van der Waals surface area contributed by atoms with Gasteiger partial charge in [-0.1, -0.05) is 118 Å². The van der Waals surface area contributed by atoms with Crippen molar-refractivity contribution in [2.45, 2.75) is 57.0 Å². The molecule has 0 saturated carbocycles. The Hall–Kier alpha value is -2.15. The van der Waals surface area contributed by atoms with Crippen molar-refractivity contribution in [1.82, 2.24) is 9.80 Å². The Morgan fingerprint density at radius 2 is 1.27 bits per heavy atom. The lowest BCUT2D eigenvalue weighted by Crippen LogP contribution is -2.55. The Morgan fingerprint density at radius 1 is 0.780 bits per heavy atom. The standard InChI is InChI=1S/C36H48N2OSSi/c1-35(2,3)41(4,5)39-34-22-24-38(29-30(34)21-23-37-25-27-40-28-26-37)36(31-15-9-6-10-16-31,32-17-11-7-12-18-32)33-19-13-8-14-20-33/h6-21,34H,22-29H2,1-5H3/b30-21+. The van der Waals surface area contributed by atoms with Crippen LogP contribution in [0, 0.1) is 0 Å². The van der Waals surface area contributed by atoms with E-state index in [0.717, 1.165) is 26.1 Å². The largest absolute Gasteiger partial charge is 0.410 e. The SMILES string of the molecule is CC(C)(C)[Si](C)(C)OC1CCN(C(c2ccccc2)(c2ccccc2)c2ccccc2)C/C1=C\CN1CCSCC1. The van der Waals surface area contributed by atoms with Gasteiger partial charge in [-0.15, -0.1) is 0 Å². The molecule has 0 aromatic heterocycles. The zero-order chi connectivity index (χ0) is 28.9. The minimum absolute atomic E-state index is 0.173. The lowest BCUT2D eigenvalue weighted by Gasteiger charge is -2.50. The van der Waals surface area contributed by atoms with Crippen molar-refractivity contribution < 1.29 is 4.43 Å². The minimum atomic E-state index is -1.94. The maximum absolute atomic E-state index is 7.20. The third kappa shape index (κ3) is 6.60. The third-order valence-corrected chi connectivity index (χ3v) is 14.9. The second-order valence-electron chi connectivity index (χ2n) is 13.1. The number of rotatable bonds is 8. The van der Waals surface area contributed by atoms with Crippen molar-refractivity contribution >= 4 is 20.1 Å². The molecule has 2 aliphatic rings. The molecule has 2 heterocycles. The van der Waals surface area contributed by atoms with Gasteiger partial charge in [0.15, 0.2) is 8.32 Å². The summed E-state index contributed by atoms with van der Waals surface area (Å²) in [6.45, 7) is 17.1. The highest BCUT2D eigenvalue weighted by Gasteiger charge is 2.46. The lowest BCUT2D eigenvalue weighted by molar-refractivity contribution is 0.0898. The predicted octanol–water partition coefficient (Wildman–Crippen LogP) is 8.05. The van der Waals surface area contributed by atoms with E-state index < -0.39 is 13.9 Å². The van der Waals surface area contributed by atoms with Crippen LogP contribution < -0.4 is 0 Å². The summed E-state index contributed by atoms with van der Waals surface area (Å²) in [4.78, 5) is 5.35. The van der Waals surface area contributed by atoms with Gasteiger partial charge >= 0.3 is 0 Å². The average molecular weight is 585 g/mol. The highest BCUT2D eigenvalue weighted by atomic mass is 32.2. The number of thioether (sulfide) groups is 1. The van der Waals surface area contributed by atoms with Crippen LogP contribution in [0.5, 0.6) is 0 Å². The second kappa shape index (κ2) is 13.0. The smallest absolute Gasteiger partial charge is 0.192 e. The minimum Gasteiger partial charge on any atom is -0.410 e. The van der Waals surface area contributed by atoms with E-state index in [0.29, 0.717) is 0 Å². The molecule has 0 radical (unpaired) electrons. The summed E-state index contributed by atoms with van der Waals surface area (Å²) in [5.41, 5.74) is 4.99. The van der Waals surface area contributed by atoms with Crippen LogP contribution in [0.3, 0.4) is 0 Å². The number of benzene rings is 3. The topological polar surface area (TPSA) is 15.7 Å². The summed E-state index contributed by atoms with van der Waals surface area (Å²) in [6.07, 6.45) is 3.71. The van der Waals surface area contributed by atoms with Crippen LogP contribution in [0.2, 0.25) is 18.1 Å². The summed E-state index contributed by atoms with van der Waals surface area (Å²) in [6, 6.07) is 33.4. The number of hydrogen-bond acceptors (Lipinski definition) is 4. The first-order chi connectivity index (χ1) is 19.7. The van der Waals surface area contributed by atoms with Crippen LogP contribution in [0.4, 0.5) is 0 Å². The van der Waals surface area contributed by atoms with E-state index in [-0.39, 0.29) is 11.1 Å². The Balaban J connectivity index is 1.59. The van der Waals surface area contributed by atoms with Crippen LogP contribution in [-0.2, 0) is 9.96 Å². The summed E-state index contributed by atoms with van der Waals surface area (Å²) in [7, 11) is -1.94. The van der Waals surface area contributed by atoms with E-state index in [1.165, 1.54) is 46.9 Å². The van der Waals surface area contributed by atoms with Crippen molar-refractivity contribution in [1.29, 1.82) is 0 Å². The number of piperidine rings is 1. The highest BCUT2D eigenvalue weighted by Crippen LogP contribution is 2.45. The molecule has 0 N–H and O–H groups in total. The molecule has 1 unspecified atom stereocenters. The number of hydrogen-bond donors (Lipinski definition) is 0. The van der Waals surface area contributed by atoms with Gasteiger partial charge in [0.2, 0.25) is 0 Å². The molecule has 0 bridgehead atoms. The van der Waals surface area contributed by atoms with E-state index in [2.05, 4.69) is 152 Å². The fourth-order valence-corrected chi connectivity index (χ4v) is 8.44. The average Bonchev–Trinajstić information content (AvgIpc) is 2.99. The van der Waals surface area contributed by atoms with Gasteiger partial charge in [-0.2, -0.15) is 11.8 Å². The first-order valence-corrected chi connectivity index (χ1v) is 19.4. The first-order valence-electron chi connectivity index (χ1n) is 15.3. The van der Waals surface area contributed by atoms with E-state index in [1.54, 1.807) is 0 Å². The zero-order valence-electron chi connectivity index (χ0n) is 25.7. The van der Waals surface area contributed by atoms with Crippen molar-refractivity contribution in [2.75, 3.05) is 44.2 Å². The van der Waals surface area contributed by atoms with E-state index in [4.69, 9.17) is 4.43 Å². The Bertz CT molecular complexity index is 1170. The van der Waals surface area contributed by atoms with Gasteiger partial charge in [0.05, 0.1) is 11.6 Å². The molecule has 3 nitrogen and oxygen atoms in total. The zero-order valence-corrected chi connectivity index (χ0v) is 27.5. The molecular weight excluding hydrogens is 537 g/mol. The molecule has 218 valence electrons. The summed E-state index contributed by atoms with van der Waals surface area (Å²) in [5.74, 6) is 2.47. The maximum Gasteiger partial charge on any atom is 0.192 e. The lowest BCUT2D eigenvalue weighted by atomic mass is 9.74. The molecule has 3 aromatic rings. The highest BCUT2D eigenvalue weighted by molar-refractivity contribution is 7.99. The van der Waals surface area contributed by atoms with E-state index >= 15 is 0 Å². The van der Waals surface area contributed by atoms with Crippen LogP contribution in [0.15, 0.2) is 103 Å². The van der Waals surface area contributed by atoms with Gasteiger partial charge in [-0.3, -0.25) is 9.80 Å². The molecule has 5 heteroatoms. The molecule has 2 aliphatic heterocycles. The van der Waals surface area contributed by atoms with Crippen LogP contribution in [0.1, 0.15) is 43.9 Å². The van der Waals surface area contributed by atoms with Crippen LogP contribution in [0.25, 0.3) is 0 Å². The fraction of sp³-hybridized carbons (Fsp3) is 0.444. The first kappa shape index (κ1) is 30.3. The van der Waals surface area contributed by atoms with Crippen molar-refractivity contribution in [2.24, 2.45) is 0 Å². The monoisotopic (exact) mass is 584 g/mol. The van der Waals surface area contributed by atoms with Crippen molar-refractivity contribution in [3.8, 4) is 0 Å². The molecule has 5 rings (SSSR count). The molecule has 2 saturated heterocycles. The Labute approximate surface area is 254 Å². The molecule has 41 heavy (non-hydrogen) atoms. The molecule has 0 aliphatic carbocycles. The van der Waals surface area contributed by atoms with Crippen molar-refractivity contribution in [3.63, 3.8) is 0 Å². The predicted molar refractivity (Wildman–Crippen MR) is 179 cm³/mol. The molecule has 0 spiro atoms. The summed E-state index contributed by atoms with van der Waals surface area (Å²) < 4.78 is 7.20. The summed E-state index contributed by atoms with van der Waals surface area (Å²) >= 11 is 2.08. The van der Waals surface area contributed by atoms with Gasteiger partial charge in [0.1, 0.15) is 0 Å². The molecule has 0 amide bonds. The number of likely N-dealkylation sites (tertiary alicyclic amines) is 1. The summed E-state index contributed by atoms with van der Waals surface area (Å²) in [5, 5.41) is 0.182. The van der Waals surface area contributed by atoms with Gasteiger partial charge in [-0.25, -0.2) is 0 Å². The maximum atomic E-state index is 7.20. The molecule has 1 atom stereocenters. The molecule has 2 fully saturated rings. The van der Waals surface area contributed by atoms with Gasteiger partial charge < -0.3 is 4.43 Å². The number of nitrogens with zero attached hydrogens (tertiary/aromatic N) is 2. The van der Waals surface area contributed by atoms with Crippen molar-refractivity contribution in [3.05, 3.63) is 119 Å². The normalized spacial score (nSPS) is 20.8. The molecular formula is C36H48N2OSSi. The van der Waals surface area contributed by atoms with Crippen LogP contribution in [-0.4, -0.2) is 68.5 Å². The molecule has 3 aromatic carbocycles. The van der Waals surface area contributed by atoms with Gasteiger partial charge in [0, 0.05) is 44.2 Å². The van der Waals surface area contributed by atoms with E-state index in [1.807, 2.05) is 0 Å². The van der Waals surface area contributed by atoms with Crippen LogP contribution >= 0.6 is 11.8 Å². The quantitative estimate of drug-likeness (QED) is 0.151.